The summed E-state index contributed by atoms with van der Waals surface area (Å²) < 4.78 is 5.65. The molecule has 0 unspecified atom stereocenters. The molecule has 2 aromatic carbocycles. The van der Waals surface area contributed by atoms with Gasteiger partial charge in [0, 0.05) is 18.8 Å². The van der Waals surface area contributed by atoms with Crippen LogP contribution < -0.4 is 10.2 Å². The molecule has 0 fully saturated rings. The Morgan fingerprint density at radius 3 is 2.67 bits per heavy atom. The monoisotopic (exact) mass is 417 g/mol. The van der Waals surface area contributed by atoms with Crippen LogP contribution in [-0.2, 0) is 11.3 Å². The molecule has 0 aliphatic carbocycles. The van der Waals surface area contributed by atoms with Gasteiger partial charge in [-0.05, 0) is 42.3 Å². The highest BCUT2D eigenvalue weighted by atomic mass is 32.1. The standard InChI is InChI=1S/C24H23N3O2S/c1-17-8-6-11-21(14-17)27(18(2)28)24-26-20(16-30-24)15-25-23(22-12-7-13-29-22)19-9-4-3-5-10-19/h3-14,16,23,25H,15H2,1-2H3/t23-/m1/s1. The van der Waals surface area contributed by atoms with Crippen molar-refractivity contribution in [2.75, 3.05) is 4.90 Å². The molecule has 2 aromatic heterocycles. The van der Waals surface area contributed by atoms with Crippen molar-refractivity contribution in [2.24, 2.45) is 0 Å². The van der Waals surface area contributed by atoms with E-state index in [-0.39, 0.29) is 11.9 Å². The molecule has 1 N–H and O–H groups in total. The molecule has 1 amide bonds. The van der Waals surface area contributed by atoms with Crippen molar-refractivity contribution < 1.29 is 9.21 Å². The zero-order chi connectivity index (χ0) is 20.9. The number of carbonyl (C=O) groups excluding carboxylic acids is 1. The van der Waals surface area contributed by atoms with Gasteiger partial charge in [0.2, 0.25) is 5.91 Å². The molecule has 0 aliphatic heterocycles. The maximum Gasteiger partial charge on any atom is 0.230 e. The summed E-state index contributed by atoms with van der Waals surface area (Å²) in [5.74, 6) is 0.786. The second-order valence-electron chi connectivity index (χ2n) is 7.05. The van der Waals surface area contributed by atoms with E-state index in [0.29, 0.717) is 11.7 Å². The van der Waals surface area contributed by atoms with Gasteiger partial charge in [0.25, 0.3) is 0 Å². The highest BCUT2D eigenvalue weighted by molar-refractivity contribution is 7.14. The molecule has 152 valence electrons. The first-order valence-corrected chi connectivity index (χ1v) is 10.6. The van der Waals surface area contributed by atoms with Gasteiger partial charge in [-0.1, -0.05) is 42.5 Å². The number of hydrogen-bond acceptors (Lipinski definition) is 5. The summed E-state index contributed by atoms with van der Waals surface area (Å²) in [6.45, 7) is 4.12. The lowest BCUT2D eigenvalue weighted by Gasteiger charge is -2.18. The number of rotatable bonds is 7. The van der Waals surface area contributed by atoms with Crippen molar-refractivity contribution in [3.8, 4) is 0 Å². The van der Waals surface area contributed by atoms with Crippen molar-refractivity contribution in [2.45, 2.75) is 26.4 Å². The fourth-order valence-corrected chi connectivity index (χ4v) is 4.25. The quantitative estimate of drug-likeness (QED) is 0.425. The summed E-state index contributed by atoms with van der Waals surface area (Å²) >= 11 is 1.46. The summed E-state index contributed by atoms with van der Waals surface area (Å²) in [4.78, 5) is 18.7. The molecular weight excluding hydrogens is 394 g/mol. The summed E-state index contributed by atoms with van der Waals surface area (Å²) in [6, 6.07) is 21.8. The third-order valence-electron chi connectivity index (χ3n) is 4.75. The van der Waals surface area contributed by atoms with E-state index >= 15 is 0 Å². The van der Waals surface area contributed by atoms with Crippen LogP contribution in [0.1, 0.15) is 35.5 Å². The Labute approximate surface area is 180 Å². The van der Waals surface area contributed by atoms with Crippen molar-refractivity contribution in [1.82, 2.24) is 10.3 Å². The number of furan rings is 1. The number of amides is 1. The van der Waals surface area contributed by atoms with Crippen LogP contribution in [0, 0.1) is 6.92 Å². The second kappa shape index (κ2) is 9.07. The first-order chi connectivity index (χ1) is 14.6. The van der Waals surface area contributed by atoms with E-state index in [1.807, 2.05) is 66.9 Å². The lowest BCUT2D eigenvalue weighted by molar-refractivity contribution is -0.115. The van der Waals surface area contributed by atoms with E-state index in [0.717, 1.165) is 28.3 Å². The van der Waals surface area contributed by atoms with Gasteiger partial charge in [0.05, 0.1) is 23.7 Å². The van der Waals surface area contributed by atoms with Gasteiger partial charge in [0.15, 0.2) is 5.13 Å². The third kappa shape index (κ3) is 4.50. The van der Waals surface area contributed by atoms with E-state index in [1.54, 1.807) is 18.1 Å². The molecule has 0 radical (unpaired) electrons. The molecule has 5 nitrogen and oxygen atoms in total. The van der Waals surface area contributed by atoms with Crippen LogP contribution in [0.4, 0.5) is 10.8 Å². The molecular formula is C24H23N3O2S. The Balaban J connectivity index is 1.54. The third-order valence-corrected chi connectivity index (χ3v) is 5.63. The lowest BCUT2D eigenvalue weighted by Crippen LogP contribution is -2.23. The number of aryl methyl sites for hydroxylation is 1. The van der Waals surface area contributed by atoms with Gasteiger partial charge in [-0.15, -0.1) is 11.3 Å². The number of nitrogens with one attached hydrogen (secondary N) is 1. The van der Waals surface area contributed by atoms with Crippen LogP contribution >= 0.6 is 11.3 Å². The van der Waals surface area contributed by atoms with Gasteiger partial charge in [-0.2, -0.15) is 0 Å². The predicted molar refractivity (Wildman–Crippen MR) is 120 cm³/mol. The fraction of sp³-hybridized carbons (Fsp3) is 0.167. The average molecular weight is 418 g/mol. The molecule has 0 saturated heterocycles. The molecule has 4 rings (SSSR count). The Kier molecular flexibility index (Phi) is 6.07. The van der Waals surface area contributed by atoms with Crippen molar-refractivity contribution in [3.63, 3.8) is 0 Å². The Morgan fingerprint density at radius 1 is 1.13 bits per heavy atom. The number of nitrogens with zero attached hydrogens (tertiary/aromatic N) is 2. The number of anilines is 2. The van der Waals surface area contributed by atoms with Crippen LogP contribution in [-0.4, -0.2) is 10.9 Å². The first kappa shape index (κ1) is 20.1. The highest BCUT2D eigenvalue weighted by Gasteiger charge is 2.20. The summed E-state index contributed by atoms with van der Waals surface area (Å²) in [6.07, 6.45) is 1.68. The second-order valence-corrected chi connectivity index (χ2v) is 7.89. The topological polar surface area (TPSA) is 58.4 Å². The van der Waals surface area contributed by atoms with Crippen LogP contribution in [0.25, 0.3) is 0 Å². The molecule has 30 heavy (non-hydrogen) atoms. The Morgan fingerprint density at radius 2 is 1.97 bits per heavy atom. The molecule has 6 heteroatoms. The van der Waals surface area contributed by atoms with Gasteiger partial charge in [0.1, 0.15) is 5.76 Å². The maximum atomic E-state index is 12.3. The van der Waals surface area contributed by atoms with Gasteiger partial charge in [-0.3, -0.25) is 15.0 Å². The minimum atomic E-state index is -0.0768. The van der Waals surface area contributed by atoms with Crippen LogP contribution in [0.2, 0.25) is 0 Å². The number of thiazole rings is 1. The normalized spacial score (nSPS) is 11.9. The van der Waals surface area contributed by atoms with Crippen molar-refractivity contribution in [1.29, 1.82) is 0 Å². The predicted octanol–water partition coefficient (Wildman–Crippen LogP) is 5.61. The Hall–Kier alpha value is -3.22. The van der Waals surface area contributed by atoms with Crippen molar-refractivity contribution in [3.05, 3.63) is 101 Å². The zero-order valence-corrected chi connectivity index (χ0v) is 17.7. The molecule has 1 atom stereocenters. The summed E-state index contributed by atoms with van der Waals surface area (Å²) in [5, 5.41) is 6.18. The molecule has 0 aliphatic rings. The lowest BCUT2D eigenvalue weighted by atomic mass is 10.0. The number of carbonyl (C=O) groups is 1. The number of hydrogen-bond donors (Lipinski definition) is 1. The van der Waals surface area contributed by atoms with Gasteiger partial charge < -0.3 is 4.42 Å². The molecule has 0 bridgehead atoms. The van der Waals surface area contributed by atoms with Crippen LogP contribution in [0.5, 0.6) is 0 Å². The molecule has 4 aromatic rings. The largest absolute Gasteiger partial charge is 0.467 e. The van der Waals surface area contributed by atoms with E-state index in [1.165, 1.54) is 11.3 Å². The maximum absolute atomic E-state index is 12.3. The summed E-state index contributed by atoms with van der Waals surface area (Å²) in [5.41, 5.74) is 3.92. The molecule has 0 saturated carbocycles. The SMILES string of the molecule is CC(=O)N(c1cccc(C)c1)c1nc(CN[C@H](c2ccccc2)c2ccco2)cs1. The zero-order valence-electron chi connectivity index (χ0n) is 16.9. The average Bonchev–Trinajstić information content (AvgIpc) is 3.42. The van der Waals surface area contributed by atoms with Crippen LogP contribution in [0.3, 0.4) is 0 Å². The molecule has 0 spiro atoms. The van der Waals surface area contributed by atoms with E-state index in [2.05, 4.69) is 17.4 Å². The highest BCUT2D eigenvalue weighted by Crippen LogP contribution is 2.30. The van der Waals surface area contributed by atoms with Gasteiger partial charge in [-0.25, -0.2) is 4.98 Å². The first-order valence-electron chi connectivity index (χ1n) is 9.75. The number of benzene rings is 2. The van der Waals surface area contributed by atoms with E-state index in [9.17, 15) is 4.79 Å². The minimum absolute atomic E-state index is 0.0628. The smallest absolute Gasteiger partial charge is 0.230 e. The fourth-order valence-electron chi connectivity index (χ4n) is 3.36. The van der Waals surface area contributed by atoms with Gasteiger partial charge >= 0.3 is 0 Å². The molecule has 2 heterocycles. The van der Waals surface area contributed by atoms with Crippen molar-refractivity contribution >= 4 is 28.1 Å². The summed E-state index contributed by atoms with van der Waals surface area (Å²) in [7, 11) is 0. The minimum Gasteiger partial charge on any atom is -0.467 e. The van der Waals surface area contributed by atoms with Crippen LogP contribution in [0.15, 0.2) is 82.8 Å². The van der Waals surface area contributed by atoms with E-state index < -0.39 is 0 Å². The van der Waals surface area contributed by atoms with E-state index in [4.69, 9.17) is 9.40 Å². The number of aromatic nitrogens is 1. The Bertz CT molecular complexity index is 1110.